The lowest BCUT2D eigenvalue weighted by molar-refractivity contribution is -0.154. The SMILES string of the molecule is CC(=O)Nc1cc(C(=O)NC(C)c2ccc(OCC(F)(F)F)cc2Cl)cc(C)n1.CC(C)C(=O)Nc1cc(C(=O)NC(C)c2ccc(OCC(F)(F)F)cc2Cl)ccn1. The fourth-order valence-electron chi connectivity index (χ4n) is 4.90. The Kier molecular flexibility index (Phi) is 16.9. The Hall–Kier alpha value is -5.62. The van der Waals surface area contributed by atoms with Crippen molar-refractivity contribution in [3.05, 3.63) is 105 Å². The molecule has 4 rings (SSSR count). The summed E-state index contributed by atoms with van der Waals surface area (Å²) in [5, 5.41) is 10.9. The maximum atomic E-state index is 12.6. The highest BCUT2D eigenvalue weighted by molar-refractivity contribution is 6.32. The van der Waals surface area contributed by atoms with Crippen molar-refractivity contribution in [1.29, 1.82) is 0 Å². The molecule has 318 valence electrons. The first-order chi connectivity index (χ1) is 27.4. The van der Waals surface area contributed by atoms with Gasteiger partial charge < -0.3 is 30.7 Å². The van der Waals surface area contributed by atoms with E-state index < -0.39 is 49.5 Å². The van der Waals surface area contributed by atoms with Crippen molar-refractivity contribution in [2.24, 2.45) is 5.92 Å². The summed E-state index contributed by atoms with van der Waals surface area (Å²) >= 11 is 12.3. The zero-order chi connectivity index (χ0) is 44.2. The summed E-state index contributed by atoms with van der Waals surface area (Å²) in [6.45, 7) is 6.99. The van der Waals surface area contributed by atoms with Crippen molar-refractivity contribution >= 4 is 58.5 Å². The van der Waals surface area contributed by atoms with Crippen molar-refractivity contribution < 1.29 is 55.0 Å². The number of anilines is 2. The van der Waals surface area contributed by atoms with Crippen LogP contribution in [0.25, 0.3) is 0 Å². The van der Waals surface area contributed by atoms with E-state index in [2.05, 4.69) is 40.7 Å². The number of hydrogen-bond donors (Lipinski definition) is 4. The number of hydrogen-bond acceptors (Lipinski definition) is 8. The molecule has 2 unspecified atom stereocenters. The molecule has 0 saturated heterocycles. The Morgan fingerprint density at radius 3 is 1.59 bits per heavy atom. The molecule has 0 aliphatic rings. The minimum absolute atomic E-state index is 0.0284. The number of carbonyl (C=O) groups is 4. The number of benzene rings is 2. The number of halogens is 8. The molecule has 2 aromatic carbocycles. The van der Waals surface area contributed by atoms with Crippen LogP contribution in [-0.2, 0) is 9.59 Å². The molecule has 0 bridgehead atoms. The second-order valence-electron chi connectivity index (χ2n) is 13.2. The van der Waals surface area contributed by atoms with Gasteiger partial charge in [0, 0.05) is 45.9 Å². The van der Waals surface area contributed by atoms with Crippen molar-refractivity contribution in [2.45, 2.75) is 66.0 Å². The summed E-state index contributed by atoms with van der Waals surface area (Å²) in [7, 11) is 0. The van der Waals surface area contributed by atoms with Gasteiger partial charge in [-0.2, -0.15) is 26.3 Å². The molecule has 4 aromatic rings. The number of ether oxygens (including phenoxy) is 2. The van der Waals surface area contributed by atoms with Gasteiger partial charge in [0.1, 0.15) is 23.1 Å². The molecule has 0 aliphatic carbocycles. The van der Waals surface area contributed by atoms with Gasteiger partial charge in [0.15, 0.2) is 13.2 Å². The highest BCUT2D eigenvalue weighted by Gasteiger charge is 2.29. The van der Waals surface area contributed by atoms with Gasteiger partial charge >= 0.3 is 12.4 Å². The second kappa shape index (κ2) is 20.9. The van der Waals surface area contributed by atoms with E-state index in [4.69, 9.17) is 23.2 Å². The molecule has 0 saturated carbocycles. The summed E-state index contributed by atoms with van der Waals surface area (Å²) in [6, 6.07) is 13.0. The summed E-state index contributed by atoms with van der Waals surface area (Å²) in [4.78, 5) is 56.2. The van der Waals surface area contributed by atoms with Crippen LogP contribution >= 0.6 is 23.2 Å². The first-order valence-corrected chi connectivity index (χ1v) is 18.3. The zero-order valence-corrected chi connectivity index (χ0v) is 33.9. The average molecular weight is 874 g/mol. The van der Waals surface area contributed by atoms with E-state index in [9.17, 15) is 45.5 Å². The quantitative estimate of drug-likeness (QED) is 0.0968. The van der Waals surface area contributed by atoms with E-state index in [-0.39, 0.29) is 62.0 Å². The minimum atomic E-state index is -4.45. The van der Waals surface area contributed by atoms with Crippen molar-refractivity contribution in [1.82, 2.24) is 20.6 Å². The van der Waals surface area contributed by atoms with Gasteiger partial charge in [-0.15, -0.1) is 0 Å². The largest absolute Gasteiger partial charge is 0.484 e. The third kappa shape index (κ3) is 16.3. The Bertz CT molecular complexity index is 2140. The molecular weight excluding hydrogens is 833 g/mol. The molecule has 2 atom stereocenters. The molecular formula is C39H40Cl2F6N6O6. The van der Waals surface area contributed by atoms with Crippen LogP contribution in [0.15, 0.2) is 66.9 Å². The maximum absolute atomic E-state index is 12.6. The standard InChI is InChI=1S/C20H21ClF3N3O3.C19H19ClF3N3O3/c1-11(2)18(28)27-17-8-13(6-7-25-17)19(29)26-12(3)15-5-4-14(9-16(15)21)30-10-20(22,23)24;1-10-6-13(7-17(24-10)26-12(3)27)18(28)25-11(2)15-5-4-14(8-16(15)20)29-9-19(21,22)23/h4-9,11-12H,10H2,1-3H3,(H,26,29)(H,25,27,28);4-8,11H,9H2,1-3H3,(H,25,28)(H,24,26,27). The molecule has 0 fully saturated rings. The van der Waals surface area contributed by atoms with Crippen LogP contribution < -0.4 is 30.7 Å². The van der Waals surface area contributed by atoms with Crippen molar-refractivity contribution in [3.63, 3.8) is 0 Å². The predicted molar refractivity (Wildman–Crippen MR) is 209 cm³/mol. The number of pyridine rings is 2. The van der Waals surface area contributed by atoms with Gasteiger partial charge in [0.2, 0.25) is 11.8 Å². The molecule has 4 amide bonds. The number of amides is 4. The Morgan fingerprint density at radius 2 is 1.15 bits per heavy atom. The van der Waals surface area contributed by atoms with E-state index >= 15 is 0 Å². The number of nitrogens with zero attached hydrogens (tertiary/aromatic N) is 2. The molecule has 0 spiro atoms. The smallest absolute Gasteiger partial charge is 0.422 e. The molecule has 4 N–H and O–H groups in total. The lowest BCUT2D eigenvalue weighted by Crippen LogP contribution is -2.27. The van der Waals surface area contributed by atoms with E-state index in [1.54, 1.807) is 40.7 Å². The molecule has 0 radical (unpaired) electrons. The molecule has 20 heteroatoms. The average Bonchev–Trinajstić information content (AvgIpc) is 3.12. The molecule has 2 aromatic heterocycles. The van der Waals surface area contributed by atoms with Crippen LogP contribution in [0.4, 0.5) is 38.0 Å². The van der Waals surface area contributed by atoms with Gasteiger partial charge in [0.05, 0.1) is 12.1 Å². The van der Waals surface area contributed by atoms with E-state index in [0.29, 0.717) is 16.8 Å². The van der Waals surface area contributed by atoms with E-state index in [1.165, 1.54) is 67.7 Å². The molecule has 59 heavy (non-hydrogen) atoms. The third-order valence-electron chi connectivity index (χ3n) is 7.69. The highest BCUT2D eigenvalue weighted by Crippen LogP contribution is 2.30. The number of aryl methyl sites for hydroxylation is 1. The minimum Gasteiger partial charge on any atom is -0.484 e. The lowest BCUT2D eigenvalue weighted by atomic mass is 10.1. The predicted octanol–water partition coefficient (Wildman–Crippen LogP) is 9.20. The van der Waals surface area contributed by atoms with E-state index in [1.807, 2.05) is 0 Å². The van der Waals surface area contributed by atoms with Gasteiger partial charge in [-0.05, 0) is 80.4 Å². The Balaban J connectivity index is 0.000000316. The first-order valence-electron chi connectivity index (χ1n) is 17.5. The topological polar surface area (TPSA) is 161 Å². The third-order valence-corrected chi connectivity index (χ3v) is 8.35. The van der Waals surface area contributed by atoms with E-state index in [0.717, 1.165) is 0 Å². The number of alkyl halides is 6. The number of nitrogens with one attached hydrogen (secondary N) is 4. The van der Waals surface area contributed by atoms with Crippen LogP contribution in [0, 0.1) is 12.8 Å². The second-order valence-corrected chi connectivity index (χ2v) is 14.0. The zero-order valence-electron chi connectivity index (χ0n) is 32.4. The monoisotopic (exact) mass is 872 g/mol. The van der Waals surface area contributed by atoms with Crippen molar-refractivity contribution in [2.75, 3.05) is 23.8 Å². The summed E-state index contributed by atoms with van der Waals surface area (Å²) in [5.74, 6) is -1.21. The Labute approximate surface area is 345 Å². The number of rotatable bonds is 13. The normalized spacial score (nSPS) is 12.3. The fourth-order valence-corrected chi connectivity index (χ4v) is 5.57. The molecule has 2 heterocycles. The first kappa shape index (κ1) is 47.8. The van der Waals surface area contributed by atoms with Gasteiger partial charge in [-0.25, -0.2) is 9.97 Å². The van der Waals surface area contributed by atoms with Gasteiger partial charge in [-0.3, -0.25) is 19.2 Å². The Morgan fingerprint density at radius 1 is 0.678 bits per heavy atom. The number of carbonyl (C=O) groups excluding carboxylic acids is 4. The molecule has 0 aliphatic heterocycles. The summed E-state index contributed by atoms with van der Waals surface area (Å²) in [6.07, 6.45) is -7.51. The van der Waals surface area contributed by atoms with Crippen LogP contribution in [0.5, 0.6) is 11.5 Å². The van der Waals surface area contributed by atoms with Crippen LogP contribution in [0.2, 0.25) is 10.0 Å². The van der Waals surface area contributed by atoms with Crippen molar-refractivity contribution in [3.8, 4) is 11.5 Å². The highest BCUT2D eigenvalue weighted by atomic mass is 35.5. The van der Waals surface area contributed by atoms with Crippen LogP contribution in [0.3, 0.4) is 0 Å². The lowest BCUT2D eigenvalue weighted by Gasteiger charge is -2.17. The van der Waals surface area contributed by atoms with Gasteiger partial charge in [0.25, 0.3) is 11.8 Å². The molecule has 12 nitrogen and oxygen atoms in total. The number of aromatic nitrogens is 2. The maximum Gasteiger partial charge on any atom is 0.422 e. The van der Waals surface area contributed by atoms with Gasteiger partial charge in [-0.1, -0.05) is 49.2 Å². The van der Waals surface area contributed by atoms with Crippen LogP contribution in [-0.4, -0.2) is 59.2 Å². The fraction of sp³-hybridized carbons (Fsp3) is 0.333. The summed E-state index contributed by atoms with van der Waals surface area (Å²) < 4.78 is 82.8. The van der Waals surface area contributed by atoms with Crippen LogP contribution in [0.1, 0.15) is 84.2 Å². The summed E-state index contributed by atoms with van der Waals surface area (Å²) in [5.41, 5.74) is 2.11.